The van der Waals surface area contributed by atoms with Gasteiger partial charge in [-0.05, 0) is 36.2 Å². The van der Waals surface area contributed by atoms with Crippen LogP contribution in [0.25, 0.3) is 11.1 Å². The van der Waals surface area contributed by atoms with E-state index >= 15 is 0 Å². The Morgan fingerprint density at radius 1 is 0.875 bits per heavy atom. The van der Waals surface area contributed by atoms with Crippen molar-refractivity contribution in [2.24, 2.45) is 5.73 Å². The Labute approximate surface area is 133 Å². The lowest BCUT2D eigenvalue weighted by Gasteiger charge is -2.18. The Morgan fingerprint density at radius 3 is 2.12 bits per heavy atom. The number of hydrogen-bond donors (Lipinski definition) is 1. The summed E-state index contributed by atoms with van der Waals surface area (Å²) in [6, 6.07) is 8.14. The summed E-state index contributed by atoms with van der Waals surface area (Å²) in [7, 11) is 0. The zero-order chi connectivity index (χ0) is 18.0. The molecular weight excluding hydrogens is 336 g/mol. The number of benzene rings is 2. The van der Waals surface area contributed by atoms with Crippen molar-refractivity contribution in [1.82, 2.24) is 0 Å². The molecular formula is C16H13F6NO. The summed E-state index contributed by atoms with van der Waals surface area (Å²) in [6.07, 6.45) is -9.51. The molecule has 2 nitrogen and oxygen atoms in total. The van der Waals surface area contributed by atoms with Gasteiger partial charge in [0.2, 0.25) is 0 Å². The van der Waals surface area contributed by atoms with E-state index in [1.807, 2.05) is 0 Å². The summed E-state index contributed by atoms with van der Waals surface area (Å²) in [4.78, 5) is 0. The number of para-hydroxylation sites is 1. The van der Waals surface area contributed by atoms with Gasteiger partial charge in [0.1, 0.15) is 5.75 Å². The molecule has 130 valence electrons. The molecule has 8 heteroatoms. The van der Waals surface area contributed by atoms with Crippen molar-refractivity contribution >= 4 is 0 Å². The molecule has 0 radical (unpaired) electrons. The van der Waals surface area contributed by atoms with Crippen molar-refractivity contribution in [2.45, 2.75) is 19.0 Å². The van der Waals surface area contributed by atoms with E-state index in [1.165, 1.54) is 18.2 Å². The van der Waals surface area contributed by atoms with Crippen LogP contribution in [-0.2, 0) is 12.6 Å². The Morgan fingerprint density at radius 2 is 1.54 bits per heavy atom. The molecule has 0 spiro atoms. The topological polar surface area (TPSA) is 35.2 Å². The summed E-state index contributed by atoms with van der Waals surface area (Å²) in [5, 5.41) is 0. The van der Waals surface area contributed by atoms with Gasteiger partial charge in [-0.1, -0.05) is 30.3 Å². The molecule has 2 rings (SSSR count). The Kier molecular flexibility index (Phi) is 5.08. The molecule has 0 aliphatic carbocycles. The van der Waals surface area contributed by atoms with Gasteiger partial charge in [0.25, 0.3) is 0 Å². The highest BCUT2D eigenvalue weighted by Crippen LogP contribution is 2.41. The molecule has 2 N–H and O–H groups in total. The van der Waals surface area contributed by atoms with Crippen molar-refractivity contribution in [3.8, 4) is 16.9 Å². The lowest BCUT2D eigenvalue weighted by Crippen LogP contribution is -2.18. The van der Waals surface area contributed by atoms with Gasteiger partial charge in [-0.25, -0.2) is 0 Å². The molecule has 0 amide bonds. The van der Waals surface area contributed by atoms with Gasteiger partial charge in [0, 0.05) is 5.56 Å². The fourth-order valence-electron chi connectivity index (χ4n) is 2.29. The summed E-state index contributed by atoms with van der Waals surface area (Å²) in [5.74, 6) is -0.693. The second-order valence-corrected chi connectivity index (χ2v) is 4.96. The quantitative estimate of drug-likeness (QED) is 0.807. The van der Waals surface area contributed by atoms with Gasteiger partial charge in [-0.2, -0.15) is 13.2 Å². The van der Waals surface area contributed by atoms with Crippen LogP contribution in [0.1, 0.15) is 11.1 Å². The van der Waals surface area contributed by atoms with E-state index in [4.69, 9.17) is 5.73 Å². The second kappa shape index (κ2) is 6.72. The fourth-order valence-corrected chi connectivity index (χ4v) is 2.29. The standard InChI is InChI=1S/C16H13F6NO/c17-15(18,19)13-9-10(7-8-23)5-6-11(13)12-3-1-2-4-14(12)24-16(20,21)22/h1-6,9H,7-8,23H2. The third kappa shape index (κ3) is 4.41. The first-order valence-corrected chi connectivity index (χ1v) is 6.87. The molecule has 0 aliphatic rings. The average Bonchev–Trinajstić information content (AvgIpc) is 2.46. The van der Waals surface area contributed by atoms with Crippen molar-refractivity contribution in [3.05, 3.63) is 53.6 Å². The van der Waals surface area contributed by atoms with Crippen LogP contribution in [0.5, 0.6) is 5.75 Å². The number of rotatable bonds is 4. The Balaban J connectivity index is 2.60. The van der Waals surface area contributed by atoms with Crippen molar-refractivity contribution in [1.29, 1.82) is 0 Å². The molecule has 0 unspecified atom stereocenters. The van der Waals surface area contributed by atoms with Crippen molar-refractivity contribution in [3.63, 3.8) is 0 Å². The van der Waals surface area contributed by atoms with Crippen molar-refractivity contribution < 1.29 is 31.1 Å². The fraction of sp³-hybridized carbons (Fsp3) is 0.250. The highest BCUT2D eigenvalue weighted by Gasteiger charge is 2.36. The summed E-state index contributed by atoms with van der Waals surface area (Å²) < 4.78 is 81.3. The van der Waals surface area contributed by atoms with Gasteiger partial charge in [0.05, 0.1) is 5.56 Å². The van der Waals surface area contributed by atoms with E-state index in [1.54, 1.807) is 0 Å². The maximum absolute atomic E-state index is 13.3. The van der Waals surface area contributed by atoms with Crippen LogP contribution in [-0.4, -0.2) is 12.9 Å². The molecule has 0 saturated carbocycles. The lowest BCUT2D eigenvalue weighted by molar-refractivity contribution is -0.274. The molecule has 2 aromatic carbocycles. The van der Waals surface area contributed by atoms with Gasteiger partial charge >= 0.3 is 12.5 Å². The molecule has 0 bridgehead atoms. The minimum atomic E-state index is -5.01. The molecule has 0 atom stereocenters. The third-order valence-electron chi connectivity index (χ3n) is 3.23. The Hall–Kier alpha value is -2.22. The van der Waals surface area contributed by atoms with E-state index in [0.29, 0.717) is 5.56 Å². The van der Waals surface area contributed by atoms with Crippen LogP contribution in [0.15, 0.2) is 42.5 Å². The van der Waals surface area contributed by atoms with Crippen LogP contribution in [0, 0.1) is 0 Å². The lowest BCUT2D eigenvalue weighted by atomic mass is 9.95. The van der Waals surface area contributed by atoms with Gasteiger partial charge in [-0.15, -0.1) is 13.2 Å². The first-order chi connectivity index (χ1) is 11.1. The van der Waals surface area contributed by atoms with Gasteiger partial charge in [0.15, 0.2) is 0 Å². The number of halogens is 6. The zero-order valence-corrected chi connectivity index (χ0v) is 12.2. The molecule has 0 fully saturated rings. The van der Waals surface area contributed by atoms with Crippen molar-refractivity contribution in [2.75, 3.05) is 6.54 Å². The number of ether oxygens (including phenoxy) is 1. The van der Waals surface area contributed by atoms with Crippen LogP contribution in [0.2, 0.25) is 0 Å². The predicted molar refractivity (Wildman–Crippen MR) is 76.3 cm³/mol. The highest BCUT2D eigenvalue weighted by atomic mass is 19.4. The van der Waals surface area contributed by atoms with Crippen LogP contribution < -0.4 is 10.5 Å². The molecule has 24 heavy (non-hydrogen) atoms. The number of hydrogen-bond acceptors (Lipinski definition) is 2. The first kappa shape index (κ1) is 18.1. The SMILES string of the molecule is NCCc1ccc(-c2ccccc2OC(F)(F)F)c(C(F)(F)F)c1. The van der Waals surface area contributed by atoms with Crippen LogP contribution in [0.3, 0.4) is 0 Å². The highest BCUT2D eigenvalue weighted by molar-refractivity contribution is 5.74. The van der Waals surface area contributed by atoms with E-state index in [9.17, 15) is 26.3 Å². The van der Waals surface area contributed by atoms with Crippen LogP contribution in [0.4, 0.5) is 26.3 Å². The summed E-state index contributed by atoms with van der Waals surface area (Å²) in [6.45, 7) is 0.157. The molecule has 0 aromatic heterocycles. The smallest absolute Gasteiger partial charge is 0.405 e. The number of alkyl halides is 6. The predicted octanol–water partition coefficient (Wildman–Crippen LogP) is 4.77. The van der Waals surface area contributed by atoms with E-state index < -0.39 is 23.9 Å². The summed E-state index contributed by atoms with van der Waals surface area (Å²) >= 11 is 0. The summed E-state index contributed by atoms with van der Waals surface area (Å²) in [5.41, 5.74) is 3.97. The number of nitrogens with two attached hydrogens (primary N) is 1. The van der Waals surface area contributed by atoms with E-state index in [2.05, 4.69) is 4.74 Å². The maximum atomic E-state index is 13.3. The second-order valence-electron chi connectivity index (χ2n) is 4.96. The van der Waals surface area contributed by atoms with Crippen LogP contribution >= 0.6 is 0 Å². The van der Waals surface area contributed by atoms with E-state index in [0.717, 1.165) is 24.3 Å². The first-order valence-electron chi connectivity index (χ1n) is 6.87. The third-order valence-corrected chi connectivity index (χ3v) is 3.23. The van der Waals surface area contributed by atoms with E-state index in [-0.39, 0.29) is 24.1 Å². The minimum absolute atomic E-state index is 0.157. The average molecular weight is 349 g/mol. The molecule has 0 aliphatic heterocycles. The Bertz CT molecular complexity index is 708. The molecule has 0 heterocycles. The monoisotopic (exact) mass is 349 g/mol. The normalized spacial score (nSPS) is 12.3. The maximum Gasteiger partial charge on any atom is 0.573 e. The molecule has 2 aromatic rings. The van der Waals surface area contributed by atoms with Gasteiger partial charge in [-0.3, -0.25) is 0 Å². The molecule has 0 saturated heterocycles. The minimum Gasteiger partial charge on any atom is -0.405 e. The largest absolute Gasteiger partial charge is 0.573 e. The zero-order valence-electron chi connectivity index (χ0n) is 12.2. The van der Waals surface area contributed by atoms with Gasteiger partial charge < -0.3 is 10.5 Å².